The number of unbranched alkanes of at least 4 members (excludes halogenated alkanes) is 1. The molecule has 0 fully saturated rings. The normalized spacial score (nSPS) is 16.7. The number of benzene rings is 1. The molecule has 1 aromatic carbocycles. The van der Waals surface area contributed by atoms with Crippen LogP contribution in [0.4, 0.5) is 4.79 Å². The number of amides is 3. The maximum absolute atomic E-state index is 12.6. The van der Waals surface area contributed by atoms with E-state index in [2.05, 4.69) is 31.3 Å². The molecular weight excluding hydrogens is 290 g/mol. The minimum atomic E-state index is -0.183. The van der Waals surface area contributed by atoms with Gasteiger partial charge in [0.25, 0.3) is 0 Å². The largest absolute Gasteiger partial charge is 0.338 e. The number of hydrogen-bond donors (Lipinski definition) is 1. The highest BCUT2D eigenvalue weighted by Gasteiger charge is 2.28. The zero-order valence-electron chi connectivity index (χ0n) is 14.3. The van der Waals surface area contributed by atoms with Crippen LogP contribution < -0.4 is 5.32 Å². The molecule has 3 amide bonds. The third-order valence-electron chi connectivity index (χ3n) is 4.44. The van der Waals surface area contributed by atoms with Crippen molar-refractivity contribution >= 4 is 11.9 Å². The fraction of sp³-hybridized carbons (Fsp3) is 0.556. The second kappa shape index (κ2) is 7.99. The van der Waals surface area contributed by atoms with Crippen molar-refractivity contribution in [1.29, 1.82) is 0 Å². The zero-order chi connectivity index (χ0) is 16.8. The maximum atomic E-state index is 12.6. The van der Waals surface area contributed by atoms with E-state index in [1.54, 1.807) is 7.05 Å². The van der Waals surface area contributed by atoms with Crippen molar-refractivity contribution in [3.63, 3.8) is 0 Å². The number of carbonyl (C=O) groups excluding carboxylic acids is 2. The van der Waals surface area contributed by atoms with Gasteiger partial charge in [0.05, 0.1) is 6.04 Å². The molecule has 1 heterocycles. The Kier molecular flexibility index (Phi) is 6.02. The Balaban J connectivity index is 1.92. The molecule has 1 atom stereocenters. The molecule has 0 spiro atoms. The van der Waals surface area contributed by atoms with Gasteiger partial charge in [-0.1, -0.05) is 37.6 Å². The number of carbonyl (C=O) groups is 2. The van der Waals surface area contributed by atoms with Crippen molar-refractivity contribution in [1.82, 2.24) is 15.1 Å². The van der Waals surface area contributed by atoms with Gasteiger partial charge in [0.2, 0.25) is 5.91 Å². The van der Waals surface area contributed by atoms with Crippen molar-refractivity contribution in [2.75, 3.05) is 26.7 Å². The fourth-order valence-corrected chi connectivity index (χ4v) is 2.99. The molecule has 0 aliphatic carbocycles. The van der Waals surface area contributed by atoms with E-state index in [0.717, 1.165) is 19.3 Å². The minimum Gasteiger partial charge on any atom is -0.338 e. The molecule has 126 valence electrons. The maximum Gasteiger partial charge on any atom is 0.317 e. The molecule has 0 saturated carbocycles. The Hall–Kier alpha value is -2.04. The zero-order valence-corrected chi connectivity index (χ0v) is 14.3. The smallest absolute Gasteiger partial charge is 0.317 e. The van der Waals surface area contributed by atoms with E-state index >= 15 is 0 Å². The topological polar surface area (TPSA) is 52.7 Å². The van der Waals surface area contributed by atoms with Gasteiger partial charge in [-0.15, -0.1) is 0 Å². The van der Waals surface area contributed by atoms with E-state index in [4.69, 9.17) is 0 Å². The number of fused-ring (bicyclic) bond motifs is 1. The number of nitrogens with zero attached hydrogens (tertiary/aromatic N) is 2. The van der Waals surface area contributed by atoms with Crippen molar-refractivity contribution in [2.45, 2.75) is 39.2 Å². The van der Waals surface area contributed by atoms with Crippen LogP contribution in [0.15, 0.2) is 24.3 Å². The minimum absolute atomic E-state index is 0.000134. The first-order valence-electron chi connectivity index (χ1n) is 8.40. The first kappa shape index (κ1) is 17.3. The van der Waals surface area contributed by atoms with E-state index in [0.29, 0.717) is 13.1 Å². The van der Waals surface area contributed by atoms with Gasteiger partial charge >= 0.3 is 6.03 Å². The predicted molar refractivity (Wildman–Crippen MR) is 91.2 cm³/mol. The summed E-state index contributed by atoms with van der Waals surface area (Å²) >= 11 is 0. The number of likely N-dealkylation sites (N-methyl/N-ethyl adjacent to an activating group) is 1. The van der Waals surface area contributed by atoms with Gasteiger partial charge < -0.3 is 15.1 Å². The lowest BCUT2D eigenvalue weighted by molar-refractivity contribution is -0.134. The lowest BCUT2D eigenvalue weighted by Gasteiger charge is -2.36. The van der Waals surface area contributed by atoms with Crippen molar-refractivity contribution < 1.29 is 9.59 Å². The van der Waals surface area contributed by atoms with Crippen LogP contribution in [0, 0.1) is 0 Å². The summed E-state index contributed by atoms with van der Waals surface area (Å²) in [4.78, 5) is 27.9. The van der Waals surface area contributed by atoms with Gasteiger partial charge in [0.15, 0.2) is 0 Å². The third kappa shape index (κ3) is 4.24. The number of urea groups is 1. The Morgan fingerprint density at radius 1 is 1.35 bits per heavy atom. The second-order valence-electron chi connectivity index (χ2n) is 6.15. The molecule has 1 unspecified atom stereocenters. The Morgan fingerprint density at radius 3 is 2.83 bits per heavy atom. The van der Waals surface area contributed by atoms with Crippen molar-refractivity contribution in [3.05, 3.63) is 35.4 Å². The molecule has 1 aliphatic rings. The fourth-order valence-electron chi connectivity index (χ4n) is 2.99. The van der Waals surface area contributed by atoms with Crippen LogP contribution in [-0.2, 0) is 11.2 Å². The van der Waals surface area contributed by atoms with Crippen LogP contribution in [-0.4, -0.2) is 48.4 Å². The van der Waals surface area contributed by atoms with Crippen molar-refractivity contribution in [2.24, 2.45) is 0 Å². The Morgan fingerprint density at radius 2 is 2.09 bits per heavy atom. The molecule has 1 aromatic rings. The molecule has 0 aromatic heterocycles. The lowest BCUT2D eigenvalue weighted by atomic mass is 9.93. The van der Waals surface area contributed by atoms with Crippen LogP contribution in [0.3, 0.4) is 0 Å². The van der Waals surface area contributed by atoms with Crippen molar-refractivity contribution in [3.8, 4) is 0 Å². The van der Waals surface area contributed by atoms with E-state index in [9.17, 15) is 9.59 Å². The van der Waals surface area contributed by atoms with E-state index < -0.39 is 0 Å². The number of rotatable bonds is 5. The molecule has 0 saturated heterocycles. The average Bonchev–Trinajstić information content (AvgIpc) is 2.55. The first-order valence-corrected chi connectivity index (χ1v) is 8.40. The summed E-state index contributed by atoms with van der Waals surface area (Å²) in [5, 5.41) is 2.83. The summed E-state index contributed by atoms with van der Waals surface area (Å²) < 4.78 is 0. The van der Waals surface area contributed by atoms with Crippen LogP contribution in [0.1, 0.15) is 43.9 Å². The van der Waals surface area contributed by atoms with Crippen LogP contribution in [0.5, 0.6) is 0 Å². The van der Waals surface area contributed by atoms with Gasteiger partial charge in [0, 0.05) is 20.1 Å². The quantitative estimate of drug-likeness (QED) is 0.849. The monoisotopic (exact) mass is 317 g/mol. The van der Waals surface area contributed by atoms with Crippen LogP contribution in [0.2, 0.25) is 0 Å². The molecule has 5 nitrogen and oxygen atoms in total. The molecule has 1 N–H and O–H groups in total. The SMILES string of the molecule is CCCCNC(=O)N(C)CC(=O)N1CCc2ccccc2C1C. The summed E-state index contributed by atoms with van der Waals surface area (Å²) in [5.74, 6) is 0.000134. The summed E-state index contributed by atoms with van der Waals surface area (Å²) in [6.07, 6.45) is 2.86. The van der Waals surface area contributed by atoms with Gasteiger partial charge in [-0.05, 0) is 30.9 Å². The van der Waals surface area contributed by atoms with Gasteiger partial charge in [-0.3, -0.25) is 4.79 Å². The Labute approximate surface area is 138 Å². The summed E-state index contributed by atoms with van der Waals surface area (Å²) in [6.45, 7) is 5.61. The van der Waals surface area contributed by atoms with Gasteiger partial charge in [0.1, 0.15) is 6.54 Å². The molecule has 23 heavy (non-hydrogen) atoms. The highest BCUT2D eigenvalue weighted by molar-refractivity contribution is 5.84. The number of nitrogens with one attached hydrogen (secondary N) is 1. The highest BCUT2D eigenvalue weighted by atomic mass is 16.2. The summed E-state index contributed by atoms with van der Waals surface area (Å²) in [6, 6.07) is 8.14. The summed E-state index contributed by atoms with van der Waals surface area (Å²) in [5.41, 5.74) is 2.52. The molecule has 0 radical (unpaired) electrons. The van der Waals surface area contributed by atoms with E-state index in [1.807, 2.05) is 17.0 Å². The average molecular weight is 317 g/mol. The van der Waals surface area contributed by atoms with Crippen LogP contribution >= 0.6 is 0 Å². The third-order valence-corrected chi connectivity index (χ3v) is 4.44. The second-order valence-corrected chi connectivity index (χ2v) is 6.15. The first-order chi connectivity index (χ1) is 11.0. The standard InChI is InChI=1S/C18H27N3O2/c1-4-5-11-19-18(23)20(3)13-17(22)21-12-10-15-8-6-7-9-16(15)14(21)2/h6-9,14H,4-5,10-13H2,1-3H3,(H,19,23). The predicted octanol–water partition coefficient (Wildman–Crippen LogP) is 2.57. The number of hydrogen-bond acceptors (Lipinski definition) is 2. The highest BCUT2D eigenvalue weighted by Crippen LogP contribution is 2.29. The molecule has 2 rings (SSSR count). The van der Waals surface area contributed by atoms with Crippen LogP contribution in [0.25, 0.3) is 0 Å². The molecule has 0 bridgehead atoms. The lowest BCUT2D eigenvalue weighted by Crippen LogP contribution is -2.47. The Bertz CT molecular complexity index is 559. The van der Waals surface area contributed by atoms with Gasteiger partial charge in [-0.2, -0.15) is 0 Å². The molecule has 1 aliphatic heterocycles. The molecule has 5 heteroatoms. The van der Waals surface area contributed by atoms with Gasteiger partial charge in [-0.25, -0.2) is 4.79 Å². The molecular formula is C18H27N3O2. The summed E-state index contributed by atoms with van der Waals surface area (Å²) in [7, 11) is 1.67. The van der Waals surface area contributed by atoms with E-state index in [1.165, 1.54) is 16.0 Å². The van der Waals surface area contributed by atoms with E-state index in [-0.39, 0.29) is 24.5 Å².